The van der Waals surface area contributed by atoms with Crippen molar-refractivity contribution in [3.8, 4) is 0 Å². The van der Waals surface area contributed by atoms with Crippen LogP contribution < -0.4 is 10.5 Å². The molecule has 0 bridgehead atoms. The van der Waals surface area contributed by atoms with E-state index in [1.165, 1.54) is 12.1 Å². The van der Waals surface area contributed by atoms with Crippen molar-refractivity contribution in [1.82, 2.24) is 10.3 Å². The van der Waals surface area contributed by atoms with Gasteiger partial charge < -0.3 is 10.4 Å². The highest BCUT2D eigenvalue weighted by molar-refractivity contribution is 7.89. The molecule has 3 aromatic carbocycles. The Labute approximate surface area is 198 Å². The molecule has 1 amide bonds. The lowest BCUT2D eigenvalue weighted by atomic mass is 9.98. The first-order valence-corrected chi connectivity index (χ1v) is 12.3. The van der Waals surface area contributed by atoms with E-state index in [2.05, 4.69) is 10.3 Å². The Bertz CT molecular complexity index is 1470. The Morgan fingerprint density at radius 3 is 2.41 bits per heavy atom. The number of hydrogen-bond donors (Lipinski definition) is 3. The Kier molecular flexibility index (Phi) is 6.74. The number of nitrogens with one attached hydrogen (secondary N) is 1. The number of pyridine rings is 1. The van der Waals surface area contributed by atoms with Gasteiger partial charge in [-0.05, 0) is 65.9 Å². The molecule has 8 heteroatoms. The van der Waals surface area contributed by atoms with E-state index < -0.39 is 10.0 Å². The minimum Gasteiger partial charge on any atom is -0.392 e. The van der Waals surface area contributed by atoms with Crippen LogP contribution in [-0.4, -0.2) is 24.4 Å². The summed E-state index contributed by atoms with van der Waals surface area (Å²) >= 11 is 0. The third kappa shape index (κ3) is 5.31. The summed E-state index contributed by atoms with van der Waals surface area (Å²) in [5.41, 5.74) is 5.80. The fourth-order valence-electron chi connectivity index (χ4n) is 3.92. The predicted molar refractivity (Wildman–Crippen MR) is 131 cm³/mol. The summed E-state index contributed by atoms with van der Waals surface area (Å²) in [5, 5.41) is 18.6. The van der Waals surface area contributed by atoms with Crippen molar-refractivity contribution >= 4 is 26.8 Å². The van der Waals surface area contributed by atoms with Crippen molar-refractivity contribution in [1.29, 1.82) is 0 Å². The van der Waals surface area contributed by atoms with Crippen LogP contribution in [0, 0.1) is 6.92 Å². The minimum absolute atomic E-state index is 0.0273. The molecule has 0 spiro atoms. The summed E-state index contributed by atoms with van der Waals surface area (Å²) in [6.07, 6.45) is 0.592. The number of rotatable bonds is 7. The van der Waals surface area contributed by atoms with Crippen molar-refractivity contribution in [3.63, 3.8) is 0 Å². The molecule has 0 radical (unpaired) electrons. The molecule has 0 aliphatic rings. The summed E-state index contributed by atoms with van der Waals surface area (Å²) in [6, 6.07) is 21.3. The average molecular weight is 476 g/mol. The largest absolute Gasteiger partial charge is 0.392 e. The first-order chi connectivity index (χ1) is 16.2. The third-order valence-electron chi connectivity index (χ3n) is 5.60. The first kappa shape index (κ1) is 23.6. The van der Waals surface area contributed by atoms with Crippen molar-refractivity contribution < 1.29 is 18.3 Å². The maximum absolute atomic E-state index is 12.7. The number of aliphatic hydroxyl groups excluding tert-OH is 1. The smallest absolute Gasteiger partial charge is 0.251 e. The summed E-state index contributed by atoms with van der Waals surface area (Å²) in [4.78, 5) is 17.4. The van der Waals surface area contributed by atoms with E-state index in [4.69, 9.17) is 5.14 Å². The Balaban J connectivity index is 1.50. The normalized spacial score (nSPS) is 11.5. The number of aliphatic hydroxyl groups is 1. The molecule has 0 aliphatic carbocycles. The van der Waals surface area contributed by atoms with E-state index in [-0.39, 0.29) is 24.0 Å². The second kappa shape index (κ2) is 9.72. The van der Waals surface area contributed by atoms with Gasteiger partial charge in [-0.25, -0.2) is 13.6 Å². The monoisotopic (exact) mass is 475 g/mol. The average Bonchev–Trinajstić information content (AvgIpc) is 2.82. The maximum Gasteiger partial charge on any atom is 0.251 e. The van der Waals surface area contributed by atoms with Gasteiger partial charge in [0.25, 0.3) is 5.91 Å². The van der Waals surface area contributed by atoms with Crippen LogP contribution in [0.2, 0.25) is 0 Å². The van der Waals surface area contributed by atoms with Gasteiger partial charge in [-0.1, -0.05) is 42.5 Å². The zero-order valence-corrected chi connectivity index (χ0v) is 19.5. The number of aromatic nitrogens is 1. The maximum atomic E-state index is 12.7. The molecule has 0 saturated heterocycles. The third-order valence-corrected chi connectivity index (χ3v) is 6.53. The van der Waals surface area contributed by atoms with Crippen LogP contribution >= 0.6 is 0 Å². The number of sulfonamides is 1. The topological polar surface area (TPSA) is 122 Å². The number of fused-ring (bicyclic) bond motifs is 1. The number of aryl methyl sites for hydroxylation is 1. The number of nitrogens with two attached hydrogens (primary N) is 1. The molecular weight excluding hydrogens is 450 g/mol. The van der Waals surface area contributed by atoms with Gasteiger partial charge >= 0.3 is 0 Å². The van der Waals surface area contributed by atoms with Gasteiger partial charge in [0, 0.05) is 23.2 Å². The molecular formula is C26H25N3O4S. The predicted octanol–water partition coefficient (Wildman–Crippen LogP) is 3.20. The van der Waals surface area contributed by atoms with Crippen molar-refractivity contribution in [3.05, 3.63) is 106 Å². The number of nitrogens with zero attached hydrogens (tertiary/aromatic N) is 1. The summed E-state index contributed by atoms with van der Waals surface area (Å²) in [6.45, 7) is 2.11. The number of benzene rings is 3. The van der Waals surface area contributed by atoms with Gasteiger partial charge in [0.05, 0.1) is 17.0 Å². The fraction of sp³-hybridized carbons (Fsp3) is 0.154. The summed E-state index contributed by atoms with van der Waals surface area (Å²) in [7, 11) is -3.75. The second-order valence-corrected chi connectivity index (χ2v) is 9.70. The standard InChI is InChI=1S/C26H25N3O4S/c1-17-12-22(16-30)24-7-3-5-20(25(24)29-17)13-19-4-2-6-21(14-19)26(31)28-15-18-8-10-23(11-9-18)34(27,32)33/h2-12,14,30H,13,15-16H2,1H3,(H,28,31)(H2,27,32,33). The van der Waals surface area contributed by atoms with E-state index in [0.717, 1.165) is 38.9 Å². The molecule has 0 fully saturated rings. The van der Waals surface area contributed by atoms with Gasteiger partial charge in [0.15, 0.2) is 0 Å². The van der Waals surface area contributed by atoms with Gasteiger partial charge in [-0.15, -0.1) is 0 Å². The fourth-order valence-corrected chi connectivity index (χ4v) is 4.43. The van der Waals surface area contributed by atoms with Crippen molar-refractivity contribution in [2.45, 2.75) is 31.4 Å². The highest BCUT2D eigenvalue weighted by Gasteiger charge is 2.11. The lowest BCUT2D eigenvalue weighted by molar-refractivity contribution is 0.0950. The van der Waals surface area contributed by atoms with E-state index in [1.807, 2.05) is 49.4 Å². The van der Waals surface area contributed by atoms with E-state index >= 15 is 0 Å². The lowest BCUT2D eigenvalue weighted by Gasteiger charge is -2.11. The van der Waals surface area contributed by atoms with Crippen LogP contribution in [0.15, 0.2) is 77.7 Å². The molecule has 4 rings (SSSR count). The Hall–Kier alpha value is -3.59. The SMILES string of the molecule is Cc1cc(CO)c2cccc(Cc3cccc(C(=O)NCc4ccc(S(N)(=O)=O)cc4)c3)c2n1. The number of amides is 1. The molecule has 1 aromatic heterocycles. The number of primary sulfonamides is 1. The van der Waals surface area contributed by atoms with Crippen LogP contribution in [0.5, 0.6) is 0 Å². The number of carbonyl (C=O) groups excluding carboxylic acids is 1. The minimum atomic E-state index is -3.75. The van der Waals surface area contributed by atoms with Crippen LogP contribution in [0.3, 0.4) is 0 Å². The summed E-state index contributed by atoms with van der Waals surface area (Å²) in [5.74, 6) is -0.230. The number of para-hydroxylation sites is 1. The number of carbonyl (C=O) groups is 1. The number of hydrogen-bond acceptors (Lipinski definition) is 5. The second-order valence-electron chi connectivity index (χ2n) is 8.14. The van der Waals surface area contributed by atoms with Gasteiger partial charge in [-0.3, -0.25) is 9.78 Å². The Morgan fingerprint density at radius 1 is 0.971 bits per heavy atom. The van der Waals surface area contributed by atoms with Gasteiger partial charge in [0.2, 0.25) is 10.0 Å². The Morgan fingerprint density at radius 2 is 1.71 bits per heavy atom. The molecule has 1 heterocycles. The van der Waals surface area contributed by atoms with Crippen molar-refractivity contribution in [2.24, 2.45) is 5.14 Å². The molecule has 174 valence electrons. The van der Waals surface area contributed by atoms with E-state index in [0.29, 0.717) is 12.0 Å². The highest BCUT2D eigenvalue weighted by Crippen LogP contribution is 2.24. The molecule has 7 nitrogen and oxygen atoms in total. The van der Waals surface area contributed by atoms with E-state index in [1.54, 1.807) is 18.2 Å². The van der Waals surface area contributed by atoms with Crippen LogP contribution in [0.1, 0.15) is 38.3 Å². The van der Waals surface area contributed by atoms with Gasteiger partial charge in [0.1, 0.15) is 0 Å². The zero-order chi connectivity index (χ0) is 24.3. The molecule has 0 atom stereocenters. The van der Waals surface area contributed by atoms with E-state index in [9.17, 15) is 18.3 Å². The zero-order valence-electron chi connectivity index (χ0n) is 18.7. The highest BCUT2D eigenvalue weighted by atomic mass is 32.2. The summed E-state index contributed by atoms with van der Waals surface area (Å²) < 4.78 is 22.7. The molecule has 4 aromatic rings. The molecule has 34 heavy (non-hydrogen) atoms. The lowest BCUT2D eigenvalue weighted by Crippen LogP contribution is -2.23. The first-order valence-electron chi connectivity index (χ1n) is 10.7. The van der Waals surface area contributed by atoms with Crippen molar-refractivity contribution in [2.75, 3.05) is 0 Å². The quantitative estimate of drug-likeness (QED) is 0.379. The molecule has 0 unspecified atom stereocenters. The molecule has 4 N–H and O–H groups in total. The van der Waals surface area contributed by atoms with Crippen LogP contribution in [0.4, 0.5) is 0 Å². The molecule has 0 saturated carbocycles. The van der Waals surface area contributed by atoms with Crippen LogP contribution in [-0.2, 0) is 29.6 Å². The van der Waals surface area contributed by atoms with Gasteiger partial charge in [-0.2, -0.15) is 0 Å². The van der Waals surface area contributed by atoms with Crippen LogP contribution in [0.25, 0.3) is 10.9 Å². The molecule has 0 aliphatic heterocycles.